The van der Waals surface area contributed by atoms with E-state index >= 15 is 0 Å². The minimum absolute atomic E-state index is 0.549. The highest BCUT2D eigenvalue weighted by Crippen LogP contribution is 2.12. The van der Waals surface area contributed by atoms with Crippen LogP contribution in [-0.4, -0.2) is 35.6 Å². The Morgan fingerprint density at radius 1 is 1.62 bits per heavy atom. The highest BCUT2D eigenvalue weighted by molar-refractivity contribution is 5.30. The summed E-state index contributed by atoms with van der Waals surface area (Å²) in [6, 6.07) is 6.63. The van der Waals surface area contributed by atoms with Crippen molar-refractivity contribution < 1.29 is 0 Å². The molecule has 0 spiro atoms. The molecule has 0 aromatic carbocycles. The summed E-state index contributed by atoms with van der Waals surface area (Å²) < 4.78 is 0. The molecule has 1 aromatic heterocycles. The van der Waals surface area contributed by atoms with E-state index in [4.69, 9.17) is 5.26 Å². The van der Waals surface area contributed by atoms with E-state index in [-0.39, 0.29) is 0 Å². The number of hydrogen-bond donors (Lipinski definition) is 1. The summed E-state index contributed by atoms with van der Waals surface area (Å²) in [6.07, 6.45) is 1.67. The number of nitrogens with zero attached hydrogens (tertiary/aromatic N) is 3. The van der Waals surface area contributed by atoms with Gasteiger partial charge in [0.1, 0.15) is 11.8 Å². The van der Waals surface area contributed by atoms with Gasteiger partial charge in [0, 0.05) is 37.4 Å². The normalized spacial score (nSPS) is 15.8. The van der Waals surface area contributed by atoms with Crippen molar-refractivity contribution in [2.45, 2.75) is 19.5 Å². The smallest absolute Gasteiger partial charge is 0.144 e. The van der Waals surface area contributed by atoms with Gasteiger partial charge in [0.25, 0.3) is 0 Å². The first-order chi connectivity index (χ1) is 7.85. The van der Waals surface area contributed by atoms with E-state index < -0.39 is 0 Å². The van der Waals surface area contributed by atoms with E-state index in [1.807, 2.05) is 12.1 Å². The van der Waals surface area contributed by atoms with Crippen LogP contribution in [0.1, 0.15) is 18.2 Å². The molecular weight excluding hydrogens is 200 g/mol. The summed E-state index contributed by atoms with van der Waals surface area (Å²) in [5.74, 6) is 0. The summed E-state index contributed by atoms with van der Waals surface area (Å²) in [5.41, 5.74) is 1.58. The van der Waals surface area contributed by atoms with Crippen molar-refractivity contribution in [1.29, 1.82) is 5.26 Å². The van der Waals surface area contributed by atoms with Gasteiger partial charge in [-0.1, -0.05) is 13.0 Å². The van der Waals surface area contributed by atoms with Crippen LogP contribution in [-0.2, 0) is 6.54 Å². The Morgan fingerprint density at radius 3 is 3.00 bits per heavy atom. The van der Waals surface area contributed by atoms with E-state index in [2.05, 4.69) is 28.2 Å². The SMILES string of the molecule is CCN(Cc1cccnc1C#N)C1CNC1. The molecule has 16 heavy (non-hydrogen) atoms. The Bertz CT molecular complexity index is 392. The summed E-state index contributed by atoms with van der Waals surface area (Å²) in [5, 5.41) is 12.2. The maximum atomic E-state index is 8.97. The third-order valence-corrected chi connectivity index (χ3v) is 3.05. The Morgan fingerprint density at radius 2 is 2.44 bits per heavy atom. The molecule has 2 rings (SSSR count). The average molecular weight is 216 g/mol. The predicted molar refractivity (Wildman–Crippen MR) is 61.7 cm³/mol. The molecule has 0 radical (unpaired) electrons. The third kappa shape index (κ3) is 2.21. The van der Waals surface area contributed by atoms with E-state index in [0.717, 1.165) is 31.7 Å². The zero-order chi connectivity index (χ0) is 11.4. The maximum Gasteiger partial charge on any atom is 0.144 e. The standard InChI is InChI=1S/C12H16N4/c1-2-16(11-7-14-8-11)9-10-4-3-5-15-12(10)6-13/h3-5,11,14H,2,7-9H2,1H3. The number of rotatable bonds is 4. The highest BCUT2D eigenvalue weighted by atomic mass is 15.2. The van der Waals surface area contributed by atoms with E-state index in [1.165, 1.54) is 0 Å². The summed E-state index contributed by atoms with van der Waals surface area (Å²) in [7, 11) is 0. The van der Waals surface area contributed by atoms with Gasteiger partial charge in [-0.05, 0) is 12.6 Å². The van der Waals surface area contributed by atoms with Crippen molar-refractivity contribution in [3.05, 3.63) is 29.6 Å². The highest BCUT2D eigenvalue weighted by Gasteiger charge is 2.23. The molecule has 1 N–H and O–H groups in total. The Hall–Kier alpha value is -1.44. The second-order valence-electron chi connectivity index (χ2n) is 4.00. The lowest BCUT2D eigenvalue weighted by molar-refractivity contribution is 0.145. The van der Waals surface area contributed by atoms with Crippen LogP contribution < -0.4 is 5.32 Å². The van der Waals surface area contributed by atoms with Gasteiger partial charge in [-0.25, -0.2) is 4.98 Å². The van der Waals surface area contributed by atoms with E-state index in [1.54, 1.807) is 6.20 Å². The zero-order valence-electron chi connectivity index (χ0n) is 9.48. The monoisotopic (exact) mass is 216 g/mol. The molecule has 1 aliphatic heterocycles. The number of likely N-dealkylation sites (N-methyl/N-ethyl adjacent to an activating group) is 1. The molecule has 0 bridgehead atoms. The van der Waals surface area contributed by atoms with Crippen molar-refractivity contribution in [1.82, 2.24) is 15.2 Å². The van der Waals surface area contributed by atoms with E-state index in [9.17, 15) is 0 Å². The predicted octanol–water partition coefficient (Wildman–Crippen LogP) is 0.747. The zero-order valence-corrected chi connectivity index (χ0v) is 9.48. The van der Waals surface area contributed by atoms with Crippen LogP contribution >= 0.6 is 0 Å². The van der Waals surface area contributed by atoms with Crippen molar-refractivity contribution in [2.75, 3.05) is 19.6 Å². The van der Waals surface area contributed by atoms with Crippen LogP contribution in [0.2, 0.25) is 0 Å². The molecule has 0 saturated carbocycles. The van der Waals surface area contributed by atoms with Crippen LogP contribution in [0.3, 0.4) is 0 Å². The number of nitriles is 1. The number of nitrogens with one attached hydrogen (secondary N) is 1. The van der Waals surface area contributed by atoms with Gasteiger partial charge in [0.15, 0.2) is 0 Å². The first-order valence-corrected chi connectivity index (χ1v) is 5.64. The third-order valence-electron chi connectivity index (χ3n) is 3.05. The number of aromatic nitrogens is 1. The van der Waals surface area contributed by atoms with Gasteiger partial charge in [0.05, 0.1) is 0 Å². The Kier molecular flexibility index (Phi) is 3.50. The van der Waals surface area contributed by atoms with Crippen LogP contribution in [0.5, 0.6) is 0 Å². The second-order valence-corrected chi connectivity index (χ2v) is 4.00. The molecule has 1 fully saturated rings. The van der Waals surface area contributed by atoms with Crippen LogP contribution in [0.25, 0.3) is 0 Å². The summed E-state index contributed by atoms with van der Waals surface area (Å²) in [6.45, 7) is 6.08. The number of hydrogen-bond acceptors (Lipinski definition) is 4. The maximum absolute atomic E-state index is 8.97. The first-order valence-electron chi connectivity index (χ1n) is 5.64. The first kappa shape index (κ1) is 11.1. The van der Waals surface area contributed by atoms with Crippen molar-refractivity contribution >= 4 is 0 Å². The van der Waals surface area contributed by atoms with Crippen molar-refractivity contribution in [3.63, 3.8) is 0 Å². The minimum Gasteiger partial charge on any atom is -0.314 e. The largest absolute Gasteiger partial charge is 0.314 e. The van der Waals surface area contributed by atoms with Gasteiger partial charge >= 0.3 is 0 Å². The summed E-state index contributed by atoms with van der Waals surface area (Å²) >= 11 is 0. The van der Waals surface area contributed by atoms with Crippen LogP contribution in [0, 0.1) is 11.3 Å². The van der Waals surface area contributed by atoms with Gasteiger partial charge < -0.3 is 5.32 Å². The van der Waals surface area contributed by atoms with Gasteiger partial charge in [-0.2, -0.15) is 5.26 Å². The fraction of sp³-hybridized carbons (Fsp3) is 0.500. The second kappa shape index (κ2) is 5.06. The molecule has 84 valence electrons. The quantitative estimate of drug-likeness (QED) is 0.807. The van der Waals surface area contributed by atoms with Crippen LogP contribution in [0.15, 0.2) is 18.3 Å². The van der Waals surface area contributed by atoms with E-state index in [0.29, 0.717) is 11.7 Å². The molecule has 2 heterocycles. The van der Waals surface area contributed by atoms with Gasteiger partial charge in [-0.3, -0.25) is 4.90 Å². The molecule has 1 saturated heterocycles. The summed E-state index contributed by atoms with van der Waals surface area (Å²) in [4.78, 5) is 6.47. The average Bonchev–Trinajstić information content (AvgIpc) is 2.26. The Balaban J connectivity index is 2.09. The molecule has 1 aliphatic rings. The fourth-order valence-corrected chi connectivity index (χ4v) is 1.92. The van der Waals surface area contributed by atoms with Crippen molar-refractivity contribution in [3.8, 4) is 6.07 Å². The minimum atomic E-state index is 0.549. The van der Waals surface area contributed by atoms with Gasteiger partial charge in [-0.15, -0.1) is 0 Å². The molecule has 0 aliphatic carbocycles. The lowest BCUT2D eigenvalue weighted by Gasteiger charge is -2.37. The molecule has 0 unspecified atom stereocenters. The lowest BCUT2D eigenvalue weighted by atomic mass is 10.1. The van der Waals surface area contributed by atoms with Crippen LogP contribution in [0.4, 0.5) is 0 Å². The lowest BCUT2D eigenvalue weighted by Crippen LogP contribution is -2.56. The topological polar surface area (TPSA) is 52.0 Å². The Labute approximate surface area is 95.9 Å². The molecule has 4 nitrogen and oxygen atoms in total. The van der Waals surface area contributed by atoms with Gasteiger partial charge in [0.2, 0.25) is 0 Å². The molecule has 0 atom stereocenters. The fourth-order valence-electron chi connectivity index (χ4n) is 1.92. The molecular formula is C12H16N4. The molecule has 1 aromatic rings. The van der Waals surface area contributed by atoms with Crippen molar-refractivity contribution in [2.24, 2.45) is 0 Å². The molecule has 4 heteroatoms. The molecule has 0 amide bonds. The number of pyridine rings is 1.